The highest BCUT2D eigenvalue weighted by molar-refractivity contribution is 6.76. The first-order chi connectivity index (χ1) is 11.8. The molecule has 3 aromatic heterocycles. The van der Waals surface area contributed by atoms with E-state index >= 15 is 0 Å². The molecule has 0 atom stereocenters. The average Bonchev–Trinajstić information content (AvgIpc) is 2.89. The van der Waals surface area contributed by atoms with E-state index in [-0.39, 0.29) is 0 Å². The largest absolute Gasteiger partial charge is 0.384 e. The van der Waals surface area contributed by atoms with Gasteiger partial charge >= 0.3 is 0 Å². The van der Waals surface area contributed by atoms with Crippen LogP contribution >= 0.6 is 11.6 Å². The van der Waals surface area contributed by atoms with Crippen LogP contribution in [0.25, 0.3) is 22.2 Å². The quantitative estimate of drug-likeness (QED) is 0.387. The van der Waals surface area contributed by atoms with Crippen LogP contribution in [0, 0.1) is 0 Å². The Morgan fingerprint density at radius 3 is 2.68 bits per heavy atom. The number of nitrogens with zero attached hydrogens (tertiary/aromatic N) is 3. The lowest BCUT2D eigenvalue weighted by Crippen LogP contribution is -2.22. The zero-order valence-electron chi connectivity index (χ0n) is 14.8. The molecule has 0 saturated heterocycles. The van der Waals surface area contributed by atoms with Gasteiger partial charge in [-0.1, -0.05) is 31.2 Å². The lowest BCUT2D eigenvalue weighted by atomic mass is 10.1. The van der Waals surface area contributed by atoms with Crippen LogP contribution in [0.1, 0.15) is 0 Å². The molecule has 0 aromatic carbocycles. The molecule has 0 aliphatic carbocycles. The zero-order chi connectivity index (χ0) is 18.0. The average molecular weight is 375 g/mol. The van der Waals surface area contributed by atoms with Gasteiger partial charge in [-0.05, 0) is 30.3 Å². The second-order valence-electron chi connectivity index (χ2n) is 7.34. The monoisotopic (exact) mass is 374 g/mol. The van der Waals surface area contributed by atoms with Crippen molar-refractivity contribution in [2.24, 2.45) is 0 Å². The Labute approximate surface area is 153 Å². The minimum Gasteiger partial charge on any atom is -0.384 e. The summed E-state index contributed by atoms with van der Waals surface area (Å²) in [6.45, 7) is 8.24. The standard InChI is InChI=1S/C18H23ClN4OSi/c1-25(2,3)9-8-24-12-23-11-15(13-4-7-17(20)21-10-13)14-5-6-16(19)22-18(14)23/h4-7,10-11H,8-9,12H2,1-3H3,(H2,20,21). The summed E-state index contributed by atoms with van der Waals surface area (Å²) in [7, 11) is -1.10. The van der Waals surface area contributed by atoms with Crippen molar-refractivity contribution in [2.75, 3.05) is 12.3 Å². The summed E-state index contributed by atoms with van der Waals surface area (Å²) in [6.07, 6.45) is 3.81. The fraction of sp³-hybridized carbons (Fsp3) is 0.333. The molecule has 0 amide bonds. The smallest absolute Gasteiger partial charge is 0.144 e. The molecule has 132 valence electrons. The highest BCUT2D eigenvalue weighted by Gasteiger charge is 2.14. The molecule has 3 rings (SSSR count). The fourth-order valence-electron chi connectivity index (χ4n) is 2.58. The molecule has 0 fully saturated rings. The van der Waals surface area contributed by atoms with E-state index in [1.165, 1.54) is 0 Å². The van der Waals surface area contributed by atoms with Gasteiger partial charge in [0.1, 0.15) is 23.3 Å². The van der Waals surface area contributed by atoms with Crippen LogP contribution in [0.5, 0.6) is 0 Å². The Balaban J connectivity index is 1.90. The third kappa shape index (κ3) is 4.39. The Bertz CT molecular complexity index is 871. The predicted molar refractivity (Wildman–Crippen MR) is 106 cm³/mol. The number of halogens is 1. The third-order valence-corrected chi connectivity index (χ3v) is 5.93. The predicted octanol–water partition coefficient (Wildman–Crippen LogP) is 4.65. The van der Waals surface area contributed by atoms with Crippen molar-refractivity contribution in [1.82, 2.24) is 14.5 Å². The Morgan fingerprint density at radius 1 is 1.20 bits per heavy atom. The Kier molecular flexibility index (Phi) is 5.13. The first-order valence-corrected chi connectivity index (χ1v) is 12.4. The Morgan fingerprint density at radius 2 is 2.00 bits per heavy atom. The molecule has 25 heavy (non-hydrogen) atoms. The van der Waals surface area contributed by atoms with Crippen molar-refractivity contribution in [2.45, 2.75) is 32.4 Å². The molecule has 0 unspecified atom stereocenters. The van der Waals surface area contributed by atoms with Crippen molar-refractivity contribution in [3.8, 4) is 11.1 Å². The van der Waals surface area contributed by atoms with Gasteiger partial charge in [0.2, 0.25) is 0 Å². The first kappa shape index (κ1) is 17.9. The van der Waals surface area contributed by atoms with E-state index in [0.717, 1.165) is 34.8 Å². The maximum atomic E-state index is 6.10. The number of pyridine rings is 2. The van der Waals surface area contributed by atoms with Gasteiger partial charge in [-0.15, -0.1) is 0 Å². The van der Waals surface area contributed by atoms with Gasteiger partial charge in [0.25, 0.3) is 0 Å². The van der Waals surface area contributed by atoms with Gasteiger partial charge < -0.3 is 15.0 Å². The van der Waals surface area contributed by atoms with Gasteiger partial charge in [-0.25, -0.2) is 9.97 Å². The summed E-state index contributed by atoms with van der Waals surface area (Å²) in [5.41, 5.74) is 8.54. The van der Waals surface area contributed by atoms with Crippen molar-refractivity contribution in [3.63, 3.8) is 0 Å². The number of hydrogen-bond donors (Lipinski definition) is 1. The van der Waals surface area contributed by atoms with E-state index in [4.69, 9.17) is 22.1 Å². The highest BCUT2D eigenvalue weighted by Crippen LogP contribution is 2.30. The van der Waals surface area contributed by atoms with Crippen LogP contribution in [0.15, 0.2) is 36.7 Å². The van der Waals surface area contributed by atoms with E-state index in [1.54, 1.807) is 18.3 Å². The number of rotatable bonds is 6. The molecule has 2 N–H and O–H groups in total. The van der Waals surface area contributed by atoms with Crippen LogP contribution < -0.4 is 5.73 Å². The van der Waals surface area contributed by atoms with Gasteiger partial charge in [0, 0.05) is 43.6 Å². The van der Waals surface area contributed by atoms with Crippen LogP contribution in [-0.2, 0) is 11.5 Å². The van der Waals surface area contributed by atoms with Crippen LogP contribution in [0.4, 0.5) is 5.82 Å². The topological polar surface area (TPSA) is 66.0 Å². The van der Waals surface area contributed by atoms with Crippen molar-refractivity contribution in [3.05, 3.63) is 41.8 Å². The normalized spacial score (nSPS) is 12.0. The molecule has 3 heterocycles. The van der Waals surface area contributed by atoms with E-state index in [0.29, 0.717) is 17.7 Å². The van der Waals surface area contributed by atoms with Gasteiger partial charge in [-0.3, -0.25) is 0 Å². The molecule has 0 bridgehead atoms. The lowest BCUT2D eigenvalue weighted by Gasteiger charge is -2.15. The summed E-state index contributed by atoms with van der Waals surface area (Å²) in [5, 5.41) is 1.49. The number of aromatic nitrogens is 3. The summed E-state index contributed by atoms with van der Waals surface area (Å²) in [6, 6.07) is 8.67. The molecule has 0 spiro atoms. The number of anilines is 1. The number of fused-ring (bicyclic) bond motifs is 1. The van der Waals surface area contributed by atoms with E-state index < -0.39 is 8.07 Å². The molecular formula is C18H23ClN4OSi. The summed E-state index contributed by atoms with van der Waals surface area (Å²) in [4.78, 5) is 8.67. The van der Waals surface area contributed by atoms with Gasteiger partial charge in [-0.2, -0.15) is 0 Å². The zero-order valence-corrected chi connectivity index (χ0v) is 16.5. The van der Waals surface area contributed by atoms with Crippen molar-refractivity contribution < 1.29 is 4.74 Å². The number of hydrogen-bond acceptors (Lipinski definition) is 4. The minimum atomic E-state index is -1.10. The lowest BCUT2D eigenvalue weighted by molar-refractivity contribution is 0.0899. The number of ether oxygens (including phenoxy) is 1. The van der Waals surface area contributed by atoms with Gasteiger partial charge in [0.05, 0.1) is 0 Å². The summed E-state index contributed by atoms with van der Waals surface area (Å²) in [5.74, 6) is 0.503. The molecule has 0 aliphatic rings. The molecule has 0 radical (unpaired) electrons. The molecule has 0 saturated carbocycles. The number of nitrogen functional groups attached to an aromatic ring is 1. The molecule has 3 aromatic rings. The molecular weight excluding hydrogens is 352 g/mol. The maximum Gasteiger partial charge on any atom is 0.144 e. The molecule has 5 nitrogen and oxygen atoms in total. The fourth-order valence-corrected chi connectivity index (χ4v) is 3.48. The van der Waals surface area contributed by atoms with Crippen LogP contribution in [0.3, 0.4) is 0 Å². The SMILES string of the molecule is C[Si](C)(C)CCOCn1cc(-c2ccc(N)nc2)c2ccc(Cl)nc21. The van der Waals surface area contributed by atoms with Crippen molar-refractivity contribution >= 4 is 36.5 Å². The van der Waals surface area contributed by atoms with E-state index in [1.807, 2.05) is 22.9 Å². The van der Waals surface area contributed by atoms with E-state index in [2.05, 4.69) is 29.6 Å². The molecule has 0 aliphatic heterocycles. The van der Waals surface area contributed by atoms with Crippen LogP contribution in [-0.4, -0.2) is 29.2 Å². The second kappa shape index (κ2) is 7.15. The molecule has 7 heteroatoms. The van der Waals surface area contributed by atoms with E-state index in [9.17, 15) is 0 Å². The second-order valence-corrected chi connectivity index (χ2v) is 13.3. The summed E-state index contributed by atoms with van der Waals surface area (Å²) >= 11 is 6.10. The highest BCUT2D eigenvalue weighted by atomic mass is 35.5. The Hall–Kier alpha value is -1.89. The maximum absolute atomic E-state index is 6.10. The summed E-state index contributed by atoms with van der Waals surface area (Å²) < 4.78 is 7.89. The first-order valence-electron chi connectivity index (χ1n) is 8.28. The van der Waals surface area contributed by atoms with Crippen molar-refractivity contribution in [1.29, 1.82) is 0 Å². The number of nitrogens with two attached hydrogens (primary N) is 1. The third-order valence-electron chi connectivity index (χ3n) is 4.01. The van der Waals surface area contributed by atoms with Gasteiger partial charge in [0.15, 0.2) is 0 Å². The van der Waals surface area contributed by atoms with Crippen LogP contribution in [0.2, 0.25) is 30.8 Å². The minimum absolute atomic E-state index is 0.455.